The topological polar surface area (TPSA) is 49.3 Å². The molecule has 1 aromatic rings. The Kier molecular flexibility index (Phi) is 5.11. The molecule has 0 aromatic heterocycles. The third-order valence-electron chi connectivity index (χ3n) is 4.16. The van der Waals surface area contributed by atoms with Crippen molar-refractivity contribution in [3.8, 4) is 0 Å². The molecule has 2 unspecified atom stereocenters. The monoisotopic (exact) mass is 293 g/mol. The lowest BCUT2D eigenvalue weighted by Crippen LogP contribution is -2.61. The zero-order chi connectivity index (χ0) is 14.6. The van der Waals surface area contributed by atoms with Gasteiger partial charge in [-0.05, 0) is 24.2 Å². The van der Waals surface area contributed by atoms with E-state index >= 15 is 0 Å². The number of aryl methyl sites for hydroxylation is 1. The van der Waals surface area contributed by atoms with Crippen molar-refractivity contribution in [1.29, 1.82) is 0 Å². The van der Waals surface area contributed by atoms with Crippen molar-refractivity contribution >= 4 is 17.7 Å². The second-order valence-corrected chi connectivity index (χ2v) is 7.09. The lowest BCUT2D eigenvalue weighted by molar-refractivity contribution is -0.126. The predicted molar refractivity (Wildman–Crippen MR) is 83.8 cm³/mol. The van der Waals surface area contributed by atoms with Gasteiger partial charge in [-0.1, -0.05) is 44.2 Å². The fourth-order valence-electron chi connectivity index (χ4n) is 2.38. The number of amides is 1. The van der Waals surface area contributed by atoms with Crippen LogP contribution in [0, 0.1) is 5.41 Å². The Morgan fingerprint density at radius 2 is 2.10 bits per heavy atom. The van der Waals surface area contributed by atoms with E-state index in [-0.39, 0.29) is 23.5 Å². The van der Waals surface area contributed by atoms with Gasteiger partial charge in [-0.25, -0.2) is 0 Å². The molecule has 1 amide bonds. The Balaban J connectivity index is 1.62. The van der Waals surface area contributed by atoms with Crippen molar-refractivity contribution in [1.82, 2.24) is 5.32 Å². The third-order valence-corrected chi connectivity index (χ3v) is 5.12. The largest absolute Gasteiger partial charge is 0.392 e. The van der Waals surface area contributed by atoms with Gasteiger partial charge in [0.15, 0.2) is 0 Å². The van der Waals surface area contributed by atoms with Crippen LogP contribution < -0.4 is 5.32 Å². The number of nitrogens with one attached hydrogen (secondary N) is 1. The van der Waals surface area contributed by atoms with Crippen LogP contribution >= 0.6 is 11.8 Å². The Bertz CT molecular complexity index is 447. The summed E-state index contributed by atoms with van der Waals surface area (Å²) < 4.78 is 0. The Hall–Kier alpha value is -1.00. The van der Waals surface area contributed by atoms with Gasteiger partial charge in [0.25, 0.3) is 0 Å². The molecule has 2 atom stereocenters. The van der Waals surface area contributed by atoms with Gasteiger partial charge in [0.05, 0.1) is 11.9 Å². The van der Waals surface area contributed by atoms with Gasteiger partial charge < -0.3 is 10.4 Å². The maximum absolute atomic E-state index is 11.8. The number of hydrogen-bond acceptors (Lipinski definition) is 3. The van der Waals surface area contributed by atoms with Crippen LogP contribution in [0.15, 0.2) is 30.3 Å². The van der Waals surface area contributed by atoms with Crippen LogP contribution in [0.25, 0.3) is 0 Å². The number of carbonyl (C=O) groups is 1. The number of aliphatic hydroxyl groups excluding tert-OH is 1. The highest BCUT2D eigenvalue weighted by Gasteiger charge is 2.47. The van der Waals surface area contributed by atoms with Crippen LogP contribution in [-0.4, -0.2) is 34.7 Å². The molecule has 1 aliphatic rings. The van der Waals surface area contributed by atoms with Crippen LogP contribution in [-0.2, 0) is 11.2 Å². The van der Waals surface area contributed by atoms with E-state index in [2.05, 4.69) is 17.4 Å². The number of rotatable bonds is 6. The highest BCUT2D eigenvalue weighted by atomic mass is 32.2. The minimum absolute atomic E-state index is 0.0769. The molecule has 1 aromatic carbocycles. The molecular formula is C16H23NO2S. The predicted octanol–water partition coefficient (Wildman–Crippen LogP) is 2.24. The molecule has 4 heteroatoms. The zero-order valence-electron chi connectivity index (χ0n) is 12.1. The molecule has 2 rings (SSSR count). The summed E-state index contributed by atoms with van der Waals surface area (Å²) in [4.78, 5) is 11.8. The lowest BCUT2D eigenvalue weighted by Gasteiger charge is -2.49. The molecular weight excluding hydrogens is 270 g/mol. The molecule has 2 N–H and O–H groups in total. The molecule has 0 spiro atoms. The summed E-state index contributed by atoms with van der Waals surface area (Å²) in [5.41, 5.74) is 1.12. The normalized spacial score (nSPS) is 23.9. The summed E-state index contributed by atoms with van der Waals surface area (Å²) in [6.45, 7) is 3.99. The highest BCUT2D eigenvalue weighted by Crippen LogP contribution is 2.40. The summed E-state index contributed by atoms with van der Waals surface area (Å²) in [5, 5.41) is 12.7. The standard InChI is InChI=1S/C16H23NO2S/c1-16(2)13(10-14(16)18)17-15(19)11-20-9-8-12-6-4-3-5-7-12/h3-7,13-14,18H,8-11H2,1-2H3,(H,17,19). The van der Waals surface area contributed by atoms with Crippen LogP contribution in [0.5, 0.6) is 0 Å². The quantitative estimate of drug-likeness (QED) is 0.791. The first kappa shape index (κ1) is 15.4. The van der Waals surface area contributed by atoms with E-state index < -0.39 is 0 Å². The smallest absolute Gasteiger partial charge is 0.230 e. The Morgan fingerprint density at radius 3 is 2.70 bits per heavy atom. The molecule has 0 aliphatic heterocycles. The van der Waals surface area contributed by atoms with Crippen molar-refractivity contribution in [3.63, 3.8) is 0 Å². The van der Waals surface area contributed by atoms with Gasteiger partial charge in [0, 0.05) is 11.5 Å². The van der Waals surface area contributed by atoms with Gasteiger partial charge >= 0.3 is 0 Å². The Morgan fingerprint density at radius 1 is 1.40 bits per heavy atom. The van der Waals surface area contributed by atoms with E-state index in [1.165, 1.54) is 5.56 Å². The zero-order valence-corrected chi connectivity index (χ0v) is 13.0. The van der Waals surface area contributed by atoms with E-state index in [1.807, 2.05) is 32.0 Å². The van der Waals surface area contributed by atoms with Crippen LogP contribution in [0.1, 0.15) is 25.8 Å². The molecule has 0 heterocycles. The first-order valence-corrected chi connectivity index (χ1v) is 8.24. The summed E-state index contributed by atoms with van der Waals surface area (Å²) in [7, 11) is 0. The molecule has 0 saturated heterocycles. The molecule has 110 valence electrons. The minimum atomic E-state index is -0.293. The molecule has 1 aliphatic carbocycles. The maximum Gasteiger partial charge on any atom is 0.230 e. The number of carbonyl (C=O) groups excluding carboxylic acids is 1. The van der Waals surface area contributed by atoms with Gasteiger partial charge in [-0.15, -0.1) is 0 Å². The van der Waals surface area contributed by atoms with Gasteiger partial charge in [-0.2, -0.15) is 11.8 Å². The number of benzene rings is 1. The fourth-order valence-corrected chi connectivity index (χ4v) is 3.18. The van der Waals surface area contributed by atoms with Crippen molar-refractivity contribution in [3.05, 3.63) is 35.9 Å². The average molecular weight is 293 g/mol. The average Bonchev–Trinajstić information content (AvgIpc) is 2.44. The molecule has 0 radical (unpaired) electrons. The van der Waals surface area contributed by atoms with Crippen LogP contribution in [0.2, 0.25) is 0 Å². The molecule has 3 nitrogen and oxygen atoms in total. The summed E-state index contributed by atoms with van der Waals surface area (Å²) in [6.07, 6.45) is 1.37. The van der Waals surface area contributed by atoms with Crippen molar-refractivity contribution in [2.75, 3.05) is 11.5 Å². The second-order valence-electron chi connectivity index (χ2n) is 5.98. The molecule has 20 heavy (non-hydrogen) atoms. The minimum Gasteiger partial charge on any atom is -0.392 e. The van der Waals surface area contributed by atoms with Crippen molar-refractivity contribution in [2.24, 2.45) is 5.41 Å². The molecule has 1 fully saturated rings. The first-order valence-electron chi connectivity index (χ1n) is 7.09. The second kappa shape index (κ2) is 6.64. The molecule has 0 bridgehead atoms. The maximum atomic E-state index is 11.8. The van der Waals surface area contributed by atoms with Crippen molar-refractivity contribution in [2.45, 2.75) is 38.8 Å². The van der Waals surface area contributed by atoms with E-state index in [0.29, 0.717) is 12.2 Å². The third kappa shape index (κ3) is 3.76. The van der Waals surface area contributed by atoms with E-state index in [0.717, 1.165) is 12.2 Å². The van der Waals surface area contributed by atoms with Crippen LogP contribution in [0.4, 0.5) is 0 Å². The summed E-state index contributed by atoms with van der Waals surface area (Å²) in [6, 6.07) is 10.4. The summed E-state index contributed by atoms with van der Waals surface area (Å²) in [5.74, 6) is 1.52. The lowest BCUT2D eigenvalue weighted by atomic mass is 9.64. The van der Waals surface area contributed by atoms with Crippen molar-refractivity contribution < 1.29 is 9.90 Å². The highest BCUT2D eigenvalue weighted by molar-refractivity contribution is 7.99. The fraction of sp³-hybridized carbons (Fsp3) is 0.562. The first-order chi connectivity index (χ1) is 9.50. The van der Waals surface area contributed by atoms with E-state index in [9.17, 15) is 9.90 Å². The number of aliphatic hydroxyl groups is 1. The van der Waals surface area contributed by atoms with Gasteiger partial charge in [0.1, 0.15) is 0 Å². The summed E-state index contributed by atoms with van der Waals surface area (Å²) >= 11 is 1.66. The van der Waals surface area contributed by atoms with E-state index in [1.54, 1.807) is 11.8 Å². The van der Waals surface area contributed by atoms with E-state index in [4.69, 9.17) is 0 Å². The van der Waals surface area contributed by atoms with Gasteiger partial charge in [-0.3, -0.25) is 4.79 Å². The SMILES string of the molecule is CC1(C)C(O)CC1NC(=O)CSCCc1ccccc1. The number of hydrogen-bond donors (Lipinski definition) is 2. The molecule has 1 saturated carbocycles. The van der Waals surface area contributed by atoms with Gasteiger partial charge in [0.2, 0.25) is 5.91 Å². The Labute approximate surface area is 125 Å². The van der Waals surface area contributed by atoms with Crippen LogP contribution in [0.3, 0.4) is 0 Å². The number of thioether (sulfide) groups is 1.